The van der Waals surface area contributed by atoms with E-state index in [0.717, 1.165) is 77.0 Å². The molecule has 0 heterocycles. The van der Waals surface area contributed by atoms with Crippen molar-refractivity contribution in [2.75, 3.05) is 47.5 Å². The Bertz CT molecular complexity index is 1250. The van der Waals surface area contributed by atoms with Gasteiger partial charge < -0.3 is 27.9 Å². The van der Waals surface area contributed by atoms with Crippen LogP contribution in [0.4, 0.5) is 0 Å². The molecule has 1 unspecified atom stereocenters. The molecule has 9 nitrogen and oxygen atoms in total. The van der Waals surface area contributed by atoms with Crippen LogP contribution in [0.15, 0.2) is 72.9 Å². The molecule has 0 fully saturated rings. The number of ether oxygens (including phenoxy) is 2. The zero-order chi connectivity index (χ0) is 44.3. The predicted molar refractivity (Wildman–Crippen MR) is 249 cm³/mol. The smallest absolute Gasteiger partial charge is 0.306 e. The van der Waals surface area contributed by atoms with Gasteiger partial charge in [0, 0.05) is 12.8 Å². The number of phosphoric ester groups is 1. The first-order valence-electron chi connectivity index (χ1n) is 23.6. The Hall–Kier alpha value is -2.55. The van der Waals surface area contributed by atoms with Crippen LogP contribution in [0.5, 0.6) is 0 Å². The topological polar surface area (TPSA) is 111 Å². The Morgan fingerprint density at radius 3 is 1.45 bits per heavy atom. The van der Waals surface area contributed by atoms with Gasteiger partial charge in [-0.25, -0.2) is 0 Å². The average Bonchev–Trinajstić information content (AvgIpc) is 3.20. The number of nitrogens with zero attached hydrogens (tertiary/aromatic N) is 1. The van der Waals surface area contributed by atoms with Crippen molar-refractivity contribution < 1.29 is 42.1 Å². The molecule has 0 aliphatic carbocycles. The largest absolute Gasteiger partial charge is 0.756 e. The number of phosphoric acid groups is 1. The summed E-state index contributed by atoms with van der Waals surface area (Å²) in [6.07, 6.45) is 52.1. The van der Waals surface area contributed by atoms with Gasteiger partial charge in [-0.1, -0.05) is 157 Å². The third-order valence-electron chi connectivity index (χ3n) is 9.71. The van der Waals surface area contributed by atoms with Crippen molar-refractivity contribution in [3.63, 3.8) is 0 Å². The van der Waals surface area contributed by atoms with Crippen molar-refractivity contribution in [1.29, 1.82) is 0 Å². The number of esters is 2. The number of carbonyl (C=O) groups is 2. The highest BCUT2D eigenvalue weighted by molar-refractivity contribution is 7.45. The standard InChI is InChI=1S/C50H88NO8P/c1-6-8-10-12-14-16-18-20-22-24-25-27-28-30-32-34-36-38-40-42-49(52)56-46-48(47-58-60(54,55)57-45-44-51(3,4)5)59-50(53)43-41-39-37-35-33-31-29-26-23-21-19-17-15-13-11-9-7-2/h8,10,14,16,20-23,25,27,30,32,48H,6-7,9,11-13,15,17-19,24,26,28-29,31,33-47H2,1-5H3/b10-8+,16-14+,22-20+,23-21+,27-25+,32-30+/t48-/m1/s1. The zero-order valence-electron chi connectivity index (χ0n) is 38.9. The van der Waals surface area contributed by atoms with Crippen molar-refractivity contribution in [3.05, 3.63) is 72.9 Å². The minimum Gasteiger partial charge on any atom is -0.756 e. The van der Waals surface area contributed by atoms with E-state index in [1.165, 1.54) is 64.2 Å². The molecular formula is C50H88NO8P. The lowest BCUT2D eigenvalue weighted by atomic mass is 10.1. The number of hydrogen-bond donors (Lipinski definition) is 0. The number of hydrogen-bond acceptors (Lipinski definition) is 8. The van der Waals surface area contributed by atoms with Crippen LogP contribution in [0, 0.1) is 0 Å². The Morgan fingerprint density at radius 1 is 0.533 bits per heavy atom. The van der Waals surface area contributed by atoms with Gasteiger partial charge in [0.25, 0.3) is 7.82 Å². The molecule has 2 atom stereocenters. The van der Waals surface area contributed by atoms with Gasteiger partial charge in [0.1, 0.15) is 19.8 Å². The summed E-state index contributed by atoms with van der Waals surface area (Å²) in [6, 6.07) is 0. The van der Waals surface area contributed by atoms with E-state index in [1.807, 2.05) is 21.1 Å². The van der Waals surface area contributed by atoms with Crippen molar-refractivity contribution >= 4 is 19.8 Å². The molecule has 0 aromatic rings. The Morgan fingerprint density at radius 2 is 0.950 bits per heavy atom. The van der Waals surface area contributed by atoms with Crippen molar-refractivity contribution in [1.82, 2.24) is 0 Å². The molecule has 0 saturated carbocycles. The van der Waals surface area contributed by atoms with Crippen LogP contribution >= 0.6 is 7.82 Å². The Balaban J connectivity index is 4.39. The van der Waals surface area contributed by atoms with Crippen LogP contribution in [0.25, 0.3) is 0 Å². The van der Waals surface area contributed by atoms with E-state index in [0.29, 0.717) is 23.9 Å². The molecule has 0 aliphatic rings. The maximum absolute atomic E-state index is 12.7. The van der Waals surface area contributed by atoms with Gasteiger partial charge in [-0.05, 0) is 83.5 Å². The molecule has 0 spiro atoms. The molecule has 0 N–H and O–H groups in total. The van der Waals surface area contributed by atoms with Gasteiger partial charge in [-0.15, -0.1) is 0 Å². The second kappa shape index (κ2) is 41.8. The fourth-order valence-electron chi connectivity index (χ4n) is 6.03. The molecule has 60 heavy (non-hydrogen) atoms. The van der Waals surface area contributed by atoms with Gasteiger partial charge in [-0.3, -0.25) is 14.2 Å². The van der Waals surface area contributed by atoms with E-state index < -0.39 is 32.5 Å². The summed E-state index contributed by atoms with van der Waals surface area (Å²) in [4.78, 5) is 37.6. The Labute approximate surface area is 368 Å². The number of allylic oxidation sites excluding steroid dienone is 12. The maximum Gasteiger partial charge on any atom is 0.306 e. The fraction of sp³-hybridized carbons (Fsp3) is 0.720. The first-order valence-corrected chi connectivity index (χ1v) is 25.1. The van der Waals surface area contributed by atoms with E-state index in [9.17, 15) is 19.0 Å². The van der Waals surface area contributed by atoms with Crippen LogP contribution in [-0.2, 0) is 32.7 Å². The van der Waals surface area contributed by atoms with E-state index in [-0.39, 0.29) is 26.1 Å². The predicted octanol–water partition coefficient (Wildman–Crippen LogP) is 13.2. The van der Waals surface area contributed by atoms with Gasteiger partial charge in [0.15, 0.2) is 6.10 Å². The monoisotopic (exact) mass is 862 g/mol. The molecule has 0 amide bonds. The summed E-state index contributed by atoms with van der Waals surface area (Å²) in [6.45, 7) is 4.06. The highest BCUT2D eigenvalue weighted by Crippen LogP contribution is 2.38. The minimum absolute atomic E-state index is 0.0405. The third kappa shape index (κ3) is 45.0. The van der Waals surface area contributed by atoms with Crippen LogP contribution in [0.1, 0.15) is 181 Å². The van der Waals surface area contributed by atoms with E-state index in [4.69, 9.17) is 18.5 Å². The van der Waals surface area contributed by atoms with Crippen LogP contribution in [0.3, 0.4) is 0 Å². The molecule has 0 bridgehead atoms. The number of unbranched alkanes of at least 4 members (excludes halogenated alkanes) is 16. The van der Waals surface area contributed by atoms with E-state index in [2.05, 4.69) is 86.8 Å². The second-order valence-corrected chi connectivity index (χ2v) is 18.1. The maximum atomic E-state index is 12.7. The van der Waals surface area contributed by atoms with Gasteiger partial charge in [0.05, 0.1) is 27.7 Å². The quantitative estimate of drug-likeness (QED) is 0.0196. The highest BCUT2D eigenvalue weighted by atomic mass is 31.2. The molecular weight excluding hydrogens is 774 g/mol. The van der Waals surface area contributed by atoms with Crippen LogP contribution in [-0.4, -0.2) is 70.0 Å². The molecule has 0 rings (SSSR count). The summed E-state index contributed by atoms with van der Waals surface area (Å²) in [7, 11) is 1.13. The molecule has 10 heteroatoms. The summed E-state index contributed by atoms with van der Waals surface area (Å²) in [5.74, 6) is -0.881. The highest BCUT2D eigenvalue weighted by Gasteiger charge is 2.21. The third-order valence-corrected chi connectivity index (χ3v) is 10.7. The molecule has 0 aromatic carbocycles. The van der Waals surface area contributed by atoms with Crippen LogP contribution < -0.4 is 4.89 Å². The van der Waals surface area contributed by atoms with E-state index in [1.54, 1.807) is 0 Å². The summed E-state index contributed by atoms with van der Waals surface area (Å²) >= 11 is 0. The lowest BCUT2D eigenvalue weighted by Crippen LogP contribution is -2.37. The lowest BCUT2D eigenvalue weighted by molar-refractivity contribution is -0.870. The number of carbonyl (C=O) groups excluding carboxylic acids is 2. The number of likely N-dealkylation sites (N-methyl/N-ethyl adjacent to an activating group) is 1. The minimum atomic E-state index is -4.64. The molecule has 0 aromatic heterocycles. The van der Waals surface area contributed by atoms with Crippen molar-refractivity contribution in [2.24, 2.45) is 0 Å². The van der Waals surface area contributed by atoms with Crippen molar-refractivity contribution in [3.8, 4) is 0 Å². The zero-order valence-corrected chi connectivity index (χ0v) is 39.8. The van der Waals surface area contributed by atoms with Crippen molar-refractivity contribution in [2.45, 2.75) is 187 Å². The summed E-state index contributed by atoms with van der Waals surface area (Å²) in [5, 5.41) is 0. The van der Waals surface area contributed by atoms with E-state index >= 15 is 0 Å². The molecule has 346 valence electrons. The SMILES string of the molecule is CC/C=C/C/C=C/C/C=C/C/C=C/C/C=C/CCCCCC(=O)OC[C@H](COP(=O)([O-])OCC[N+](C)(C)C)OC(=O)CCCCCCCCC/C=C/CCCCCCCC. The summed E-state index contributed by atoms with van der Waals surface area (Å²) in [5.41, 5.74) is 0. The van der Waals surface area contributed by atoms with Crippen LogP contribution in [0.2, 0.25) is 0 Å². The molecule has 0 saturated heterocycles. The first kappa shape index (κ1) is 57.4. The number of rotatable bonds is 42. The second-order valence-electron chi connectivity index (χ2n) is 16.7. The Kier molecular flexibility index (Phi) is 40.0. The van der Waals surface area contributed by atoms with Gasteiger partial charge in [0.2, 0.25) is 0 Å². The molecule has 0 radical (unpaired) electrons. The average molecular weight is 862 g/mol. The lowest BCUT2D eigenvalue weighted by Gasteiger charge is -2.28. The number of quaternary nitrogens is 1. The normalized spacial score (nSPS) is 14.2. The fourth-order valence-corrected chi connectivity index (χ4v) is 6.76. The van der Waals surface area contributed by atoms with Gasteiger partial charge >= 0.3 is 11.9 Å². The summed E-state index contributed by atoms with van der Waals surface area (Å²) < 4.78 is 33.9. The van der Waals surface area contributed by atoms with Gasteiger partial charge in [-0.2, -0.15) is 0 Å². The molecule has 0 aliphatic heterocycles. The first-order chi connectivity index (χ1) is 29.0.